The number of hydrogen-bond acceptors (Lipinski definition) is 3. The molecule has 1 N–H and O–H groups in total. The van der Waals surface area contributed by atoms with Gasteiger partial charge in [0.1, 0.15) is 11.8 Å². The van der Waals surface area contributed by atoms with Gasteiger partial charge in [0, 0.05) is 34.6 Å². The lowest BCUT2D eigenvalue weighted by molar-refractivity contribution is -0.143. The first kappa shape index (κ1) is 29.0. The van der Waals surface area contributed by atoms with E-state index in [1.165, 1.54) is 4.90 Å². The standard InChI is InChI=1S/C29H31BrCl2N2O3/c1-4-20-13-14-27(23(30)15-20)37-18-28(35)34(17-22-24(31)11-8-12-25(22)32)26(29(36)33-19(2)3)16-21-9-6-5-7-10-21/h5-15,19,26H,4,16-18H2,1-3H3,(H,33,36)/t26-/m0/s1. The average molecular weight is 606 g/mol. The average Bonchev–Trinajstić information content (AvgIpc) is 2.86. The van der Waals surface area contributed by atoms with E-state index < -0.39 is 6.04 Å². The van der Waals surface area contributed by atoms with Crippen molar-refractivity contribution in [2.75, 3.05) is 6.61 Å². The first-order valence-electron chi connectivity index (χ1n) is 12.2. The highest BCUT2D eigenvalue weighted by Crippen LogP contribution is 2.29. The van der Waals surface area contributed by atoms with E-state index in [4.69, 9.17) is 27.9 Å². The van der Waals surface area contributed by atoms with Crippen LogP contribution in [-0.2, 0) is 29.0 Å². The maximum atomic E-state index is 13.7. The van der Waals surface area contributed by atoms with Gasteiger partial charge in [0.15, 0.2) is 6.61 Å². The Morgan fingerprint density at radius 1 is 0.973 bits per heavy atom. The highest BCUT2D eigenvalue weighted by atomic mass is 79.9. The Morgan fingerprint density at radius 3 is 2.24 bits per heavy atom. The van der Waals surface area contributed by atoms with E-state index in [-0.39, 0.29) is 31.0 Å². The molecule has 3 rings (SSSR count). The van der Waals surface area contributed by atoms with Gasteiger partial charge in [-0.15, -0.1) is 0 Å². The summed E-state index contributed by atoms with van der Waals surface area (Å²) in [5.74, 6) is -0.0707. The molecule has 0 bridgehead atoms. The molecule has 5 nitrogen and oxygen atoms in total. The van der Waals surface area contributed by atoms with Gasteiger partial charge in [0.25, 0.3) is 5.91 Å². The van der Waals surface area contributed by atoms with E-state index in [2.05, 4.69) is 28.2 Å². The van der Waals surface area contributed by atoms with Crippen molar-refractivity contribution in [1.82, 2.24) is 10.2 Å². The number of rotatable bonds is 11. The van der Waals surface area contributed by atoms with Gasteiger partial charge in [-0.25, -0.2) is 0 Å². The van der Waals surface area contributed by atoms with Crippen molar-refractivity contribution >= 4 is 50.9 Å². The van der Waals surface area contributed by atoms with Gasteiger partial charge >= 0.3 is 0 Å². The van der Waals surface area contributed by atoms with Gasteiger partial charge < -0.3 is 15.0 Å². The molecule has 1 atom stereocenters. The fourth-order valence-electron chi connectivity index (χ4n) is 3.89. The number of halogens is 3. The van der Waals surface area contributed by atoms with Crippen molar-refractivity contribution in [1.29, 1.82) is 0 Å². The molecule has 0 aromatic heterocycles. The third kappa shape index (κ3) is 8.22. The minimum atomic E-state index is -0.806. The van der Waals surface area contributed by atoms with Crippen LogP contribution in [0.25, 0.3) is 0 Å². The fourth-order valence-corrected chi connectivity index (χ4v) is 4.95. The van der Waals surface area contributed by atoms with Crippen molar-refractivity contribution in [3.05, 3.63) is 97.9 Å². The van der Waals surface area contributed by atoms with Crippen molar-refractivity contribution in [2.45, 2.75) is 52.2 Å². The lowest BCUT2D eigenvalue weighted by Crippen LogP contribution is -2.52. The molecule has 8 heteroatoms. The zero-order valence-corrected chi connectivity index (χ0v) is 24.2. The van der Waals surface area contributed by atoms with Crippen LogP contribution in [0.4, 0.5) is 0 Å². The second-order valence-electron chi connectivity index (χ2n) is 9.00. The number of hydrogen-bond donors (Lipinski definition) is 1. The van der Waals surface area contributed by atoms with E-state index in [0.717, 1.165) is 22.0 Å². The molecule has 37 heavy (non-hydrogen) atoms. The predicted molar refractivity (Wildman–Crippen MR) is 153 cm³/mol. The topological polar surface area (TPSA) is 58.6 Å². The zero-order valence-electron chi connectivity index (χ0n) is 21.1. The van der Waals surface area contributed by atoms with Crippen LogP contribution in [0.1, 0.15) is 37.5 Å². The smallest absolute Gasteiger partial charge is 0.261 e. The van der Waals surface area contributed by atoms with Crippen molar-refractivity contribution in [3.8, 4) is 5.75 Å². The highest BCUT2D eigenvalue weighted by Gasteiger charge is 2.32. The molecule has 0 aliphatic rings. The number of carbonyl (C=O) groups excluding carboxylic acids is 2. The van der Waals surface area contributed by atoms with Crippen LogP contribution in [0.3, 0.4) is 0 Å². The van der Waals surface area contributed by atoms with E-state index in [9.17, 15) is 9.59 Å². The Morgan fingerprint density at radius 2 is 1.65 bits per heavy atom. The quantitative estimate of drug-likeness (QED) is 0.260. The SMILES string of the molecule is CCc1ccc(OCC(=O)N(Cc2c(Cl)cccc2Cl)[C@@H](Cc2ccccc2)C(=O)NC(C)C)c(Br)c1. The van der Waals surface area contributed by atoms with Gasteiger partial charge in [-0.3, -0.25) is 9.59 Å². The summed E-state index contributed by atoms with van der Waals surface area (Å²) in [5, 5.41) is 3.81. The highest BCUT2D eigenvalue weighted by molar-refractivity contribution is 9.10. The number of aryl methyl sites for hydroxylation is 1. The molecule has 0 radical (unpaired) electrons. The van der Waals surface area contributed by atoms with E-state index in [1.54, 1.807) is 18.2 Å². The second-order valence-corrected chi connectivity index (χ2v) is 10.7. The summed E-state index contributed by atoms with van der Waals surface area (Å²) in [4.78, 5) is 28.7. The van der Waals surface area contributed by atoms with Crippen LogP contribution in [0.2, 0.25) is 10.0 Å². The van der Waals surface area contributed by atoms with Gasteiger partial charge in [0.2, 0.25) is 5.91 Å². The molecule has 0 aliphatic carbocycles. The van der Waals surface area contributed by atoms with Crippen LogP contribution in [-0.4, -0.2) is 35.4 Å². The number of nitrogens with one attached hydrogen (secondary N) is 1. The summed E-state index contributed by atoms with van der Waals surface area (Å²) in [7, 11) is 0. The van der Waals surface area contributed by atoms with Crippen LogP contribution < -0.4 is 10.1 Å². The molecule has 0 aliphatic heterocycles. The second kappa shape index (κ2) is 13.8. The monoisotopic (exact) mass is 604 g/mol. The van der Waals surface area contributed by atoms with E-state index in [1.807, 2.05) is 62.4 Å². The summed E-state index contributed by atoms with van der Waals surface area (Å²) in [6, 6.07) is 19.6. The molecule has 0 heterocycles. The molecule has 0 spiro atoms. The van der Waals surface area contributed by atoms with Crippen molar-refractivity contribution < 1.29 is 14.3 Å². The Bertz CT molecular complexity index is 1200. The number of ether oxygens (including phenoxy) is 1. The molecule has 0 saturated carbocycles. The molecular weight excluding hydrogens is 575 g/mol. The van der Waals surface area contributed by atoms with Gasteiger partial charge in [-0.2, -0.15) is 0 Å². The van der Waals surface area contributed by atoms with Crippen molar-refractivity contribution in [3.63, 3.8) is 0 Å². The largest absolute Gasteiger partial charge is 0.483 e. The minimum absolute atomic E-state index is 0.0552. The van der Waals surface area contributed by atoms with Crippen LogP contribution in [0.15, 0.2) is 71.2 Å². The van der Waals surface area contributed by atoms with Gasteiger partial charge in [-0.1, -0.05) is 72.6 Å². The van der Waals surface area contributed by atoms with Crippen molar-refractivity contribution in [2.24, 2.45) is 0 Å². The molecule has 0 saturated heterocycles. The zero-order chi connectivity index (χ0) is 26.9. The maximum absolute atomic E-state index is 13.7. The summed E-state index contributed by atoms with van der Waals surface area (Å²) >= 11 is 16.5. The number of benzene rings is 3. The fraction of sp³-hybridized carbons (Fsp3) is 0.310. The summed E-state index contributed by atoms with van der Waals surface area (Å²) in [6.07, 6.45) is 1.21. The van der Waals surface area contributed by atoms with Gasteiger partial charge in [0.05, 0.1) is 4.47 Å². The third-order valence-electron chi connectivity index (χ3n) is 5.85. The number of nitrogens with zero attached hydrogens (tertiary/aromatic N) is 1. The Kier molecular flexibility index (Phi) is 10.9. The molecule has 0 unspecified atom stereocenters. The normalized spacial score (nSPS) is 11.8. The van der Waals surface area contributed by atoms with E-state index >= 15 is 0 Å². The van der Waals surface area contributed by atoms with Gasteiger partial charge in [-0.05, 0) is 71.6 Å². The summed E-state index contributed by atoms with van der Waals surface area (Å²) in [6.45, 7) is 5.63. The number of carbonyl (C=O) groups is 2. The lowest BCUT2D eigenvalue weighted by atomic mass is 10.0. The van der Waals surface area contributed by atoms with Crippen LogP contribution >= 0.6 is 39.1 Å². The van der Waals surface area contributed by atoms with E-state index in [0.29, 0.717) is 27.8 Å². The molecule has 2 amide bonds. The first-order chi connectivity index (χ1) is 17.7. The molecule has 3 aromatic carbocycles. The number of amides is 2. The first-order valence-corrected chi connectivity index (χ1v) is 13.7. The third-order valence-corrected chi connectivity index (χ3v) is 7.18. The molecule has 196 valence electrons. The minimum Gasteiger partial charge on any atom is -0.483 e. The summed E-state index contributed by atoms with van der Waals surface area (Å²) < 4.78 is 6.67. The maximum Gasteiger partial charge on any atom is 0.261 e. The Labute approximate surface area is 237 Å². The molecular formula is C29H31BrCl2N2O3. The summed E-state index contributed by atoms with van der Waals surface area (Å²) in [5.41, 5.74) is 2.64. The molecule has 0 fully saturated rings. The molecule has 3 aromatic rings. The van der Waals surface area contributed by atoms with Crippen LogP contribution in [0.5, 0.6) is 5.75 Å². The Hall–Kier alpha value is -2.54. The predicted octanol–water partition coefficient (Wildman–Crippen LogP) is 6.86. The lowest BCUT2D eigenvalue weighted by Gasteiger charge is -2.32. The van der Waals surface area contributed by atoms with Crippen LogP contribution in [0, 0.1) is 0 Å². The Balaban J connectivity index is 1.96.